The Labute approximate surface area is 189 Å². The van der Waals surface area contributed by atoms with Crippen molar-refractivity contribution >= 4 is 11.8 Å². The fourth-order valence-corrected chi connectivity index (χ4v) is 3.53. The van der Waals surface area contributed by atoms with Crippen LogP contribution in [0.2, 0.25) is 0 Å². The van der Waals surface area contributed by atoms with Gasteiger partial charge in [0.05, 0.1) is 12.6 Å². The number of carbonyl (C=O) groups is 2. The highest BCUT2D eigenvalue weighted by molar-refractivity contribution is 5.99. The first-order valence-corrected chi connectivity index (χ1v) is 10.3. The molecule has 0 aliphatic rings. The Morgan fingerprint density at radius 2 is 1.88 bits per heavy atom. The Balaban J connectivity index is 1.31. The van der Waals surface area contributed by atoms with Crippen LogP contribution in [-0.2, 0) is 16.0 Å². The van der Waals surface area contributed by atoms with Crippen molar-refractivity contribution in [3.05, 3.63) is 77.0 Å². The van der Waals surface area contributed by atoms with E-state index in [1.54, 1.807) is 38.1 Å². The molecule has 0 saturated heterocycles. The van der Waals surface area contributed by atoms with E-state index in [9.17, 15) is 14.0 Å². The number of benzene rings is 1. The molecule has 0 fully saturated rings. The van der Waals surface area contributed by atoms with Crippen LogP contribution in [0.25, 0.3) is 17.1 Å². The molecule has 0 spiro atoms. The van der Waals surface area contributed by atoms with Crippen LogP contribution in [0.5, 0.6) is 0 Å². The number of nitrogens with zero attached hydrogens (tertiary/aromatic N) is 3. The Morgan fingerprint density at radius 1 is 1.12 bits per heavy atom. The van der Waals surface area contributed by atoms with Crippen LogP contribution >= 0.6 is 0 Å². The zero-order valence-electron chi connectivity index (χ0n) is 18.4. The molecule has 33 heavy (non-hydrogen) atoms. The smallest absolute Gasteiger partial charge is 0.306 e. The lowest BCUT2D eigenvalue weighted by Crippen LogP contribution is -2.15. The maximum absolute atomic E-state index is 13.0. The van der Waals surface area contributed by atoms with Crippen LogP contribution in [0.3, 0.4) is 0 Å². The van der Waals surface area contributed by atoms with Gasteiger partial charge >= 0.3 is 5.97 Å². The average Bonchev–Trinajstić information content (AvgIpc) is 3.50. The summed E-state index contributed by atoms with van der Waals surface area (Å²) in [7, 11) is 0. The summed E-state index contributed by atoms with van der Waals surface area (Å²) in [5.74, 6) is 0.893. The lowest BCUT2D eigenvalue weighted by molar-refractivity contribution is -0.142. The number of ether oxygens (including phenoxy) is 1. The van der Waals surface area contributed by atoms with Crippen molar-refractivity contribution in [3.8, 4) is 17.1 Å². The standard InChI is InChI=1S/C24H22FN3O5/c1-14-10-19(16(3)28(14)22-11-15(2)33-27-22)20(29)13-31-24(30)9-8-23-26-12-21(32-23)17-4-6-18(25)7-5-17/h4-7,10-12H,8-9,13H2,1-3H3. The van der Waals surface area contributed by atoms with Gasteiger partial charge in [0.2, 0.25) is 5.78 Å². The Hall–Kier alpha value is -4.01. The van der Waals surface area contributed by atoms with Gasteiger partial charge in [-0.1, -0.05) is 5.16 Å². The second kappa shape index (κ2) is 9.23. The van der Waals surface area contributed by atoms with Gasteiger partial charge in [-0.3, -0.25) is 14.2 Å². The lowest BCUT2D eigenvalue weighted by Gasteiger charge is -2.06. The summed E-state index contributed by atoms with van der Waals surface area (Å²) < 4.78 is 30.7. The highest BCUT2D eigenvalue weighted by Gasteiger charge is 2.20. The minimum Gasteiger partial charge on any atom is -0.457 e. The van der Waals surface area contributed by atoms with Crippen LogP contribution in [0, 0.1) is 26.6 Å². The summed E-state index contributed by atoms with van der Waals surface area (Å²) in [4.78, 5) is 28.9. The van der Waals surface area contributed by atoms with E-state index in [-0.39, 0.29) is 31.0 Å². The number of hydrogen-bond donors (Lipinski definition) is 0. The molecule has 0 amide bonds. The summed E-state index contributed by atoms with van der Waals surface area (Å²) in [5.41, 5.74) is 2.64. The maximum Gasteiger partial charge on any atom is 0.306 e. The van der Waals surface area contributed by atoms with Crippen molar-refractivity contribution in [3.63, 3.8) is 0 Å². The number of hydrogen-bond acceptors (Lipinski definition) is 7. The van der Waals surface area contributed by atoms with Crippen LogP contribution in [0.4, 0.5) is 4.39 Å². The number of oxazole rings is 1. The molecule has 0 radical (unpaired) electrons. The number of carbonyl (C=O) groups excluding carboxylic acids is 2. The third-order valence-corrected chi connectivity index (χ3v) is 5.17. The van der Waals surface area contributed by atoms with Gasteiger partial charge in [0.25, 0.3) is 0 Å². The number of aryl methyl sites for hydroxylation is 3. The fourth-order valence-electron chi connectivity index (χ4n) is 3.53. The van der Waals surface area contributed by atoms with E-state index >= 15 is 0 Å². The van der Waals surface area contributed by atoms with E-state index in [4.69, 9.17) is 13.7 Å². The number of halogens is 1. The molecule has 0 N–H and O–H groups in total. The van der Waals surface area contributed by atoms with Crippen molar-refractivity contribution < 1.29 is 27.7 Å². The predicted octanol–water partition coefficient (Wildman–Crippen LogP) is 4.54. The normalized spacial score (nSPS) is 11.0. The van der Waals surface area contributed by atoms with Crippen molar-refractivity contribution in [1.29, 1.82) is 0 Å². The first-order valence-electron chi connectivity index (χ1n) is 10.3. The van der Waals surface area contributed by atoms with Crippen molar-refractivity contribution in [2.45, 2.75) is 33.6 Å². The van der Waals surface area contributed by atoms with Gasteiger partial charge in [-0.2, -0.15) is 0 Å². The molecule has 0 aliphatic carbocycles. The van der Waals surface area contributed by atoms with Crippen molar-refractivity contribution in [1.82, 2.24) is 14.7 Å². The molecule has 0 atom stereocenters. The third kappa shape index (κ3) is 4.92. The SMILES string of the molecule is Cc1cc(-n2c(C)cc(C(=O)COC(=O)CCc3ncc(-c4ccc(F)cc4)o3)c2C)no1. The maximum atomic E-state index is 13.0. The van der Waals surface area contributed by atoms with Gasteiger partial charge in [0, 0.05) is 35.0 Å². The largest absolute Gasteiger partial charge is 0.457 e. The van der Waals surface area contributed by atoms with Gasteiger partial charge in [-0.15, -0.1) is 0 Å². The van der Waals surface area contributed by atoms with Crippen LogP contribution in [0.15, 0.2) is 51.5 Å². The molecule has 3 heterocycles. The van der Waals surface area contributed by atoms with E-state index in [1.165, 1.54) is 18.3 Å². The molecule has 0 aliphatic heterocycles. The second-order valence-electron chi connectivity index (χ2n) is 7.62. The van der Waals surface area contributed by atoms with E-state index in [2.05, 4.69) is 10.1 Å². The second-order valence-corrected chi connectivity index (χ2v) is 7.62. The monoisotopic (exact) mass is 451 g/mol. The van der Waals surface area contributed by atoms with E-state index in [1.807, 2.05) is 11.5 Å². The van der Waals surface area contributed by atoms with Crippen LogP contribution in [-0.4, -0.2) is 33.1 Å². The Morgan fingerprint density at radius 3 is 2.58 bits per heavy atom. The van der Waals surface area contributed by atoms with E-state index in [0.717, 1.165) is 5.69 Å². The molecular formula is C24H22FN3O5. The Bertz CT molecular complexity index is 1300. The molecule has 9 heteroatoms. The van der Waals surface area contributed by atoms with Gasteiger partial charge < -0.3 is 13.7 Å². The number of ketones is 1. The summed E-state index contributed by atoms with van der Waals surface area (Å²) in [6.45, 7) is 5.08. The van der Waals surface area contributed by atoms with Crippen LogP contribution < -0.4 is 0 Å². The summed E-state index contributed by atoms with van der Waals surface area (Å²) in [6, 6.07) is 9.34. The summed E-state index contributed by atoms with van der Waals surface area (Å²) in [5, 5.41) is 3.99. The molecule has 0 bridgehead atoms. The summed E-state index contributed by atoms with van der Waals surface area (Å²) >= 11 is 0. The molecule has 3 aromatic heterocycles. The quantitative estimate of drug-likeness (QED) is 0.286. The van der Waals surface area contributed by atoms with Crippen molar-refractivity contribution in [2.24, 2.45) is 0 Å². The zero-order chi connectivity index (χ0) is 23.5. The number of Topliss-reactive ketones (excluding diaryl/α,β-unsaturated/α-hetero) is 1. The Kier molecular flexibility index (Phi) is 6.21. The summed E-state index contributed by atoms with van der Waals surface area (Å²) in [6.07, 6.45) is 1.74. The van der Waals surface area contributed by atoms with Gasteiger partial charge in [0.1, 0.15) is 11.6 Å². The van der Waals surface area contributed by atoms with E-state index < -0.39 is 5.97 Å². The van der Waals surface area contributed by atoms with Gasteiger partial charge in [-0.25, -0.2) is 9.37 Å². The zero-order valence-corrected chi connectivity index (χ0v) is 18.4. The topological polar surface area (TPSA) is 100 Å². The van der Waals surface area contributed by atoms with Gasteiger partial charge in [0.15, 0.2) is 24.1 Å². The molecular weight excluding hydrogens is 429 g/mol. The highest BCUT2D eigenvalue weighted by Crippen LogP contribution is 2.22. The third-order valence-electron chi connectivity index (χ3n) is 5.17. The molecule has 4 rings (SSSR count). The van der Waals surface area contributed by atoms with Crippen molar-refractivity contribution in [2.75, 3.05) is 6.61 Å². The molecule has 4 aromatic rings. The van der Waals surface area contributed by atoms with Crippen LogP contribution in [0.1, 0.15) is 39.8 Å². The van der Waals surface area contributed by atoms with E-state index in [0.29, 0.717) is 40.0 Å². The number of esters is 1. The number of rotatable bonds is 8. The average molecular weight is 451 g/mol. The first-order chi connectivity index (χ1) is 15.8. The molecule has 1 aromatic carbocycles. The number of aromatic nitrogens is 3. The highest BCUT2D eigenvalue weighted by atomic mass is 19.1. The fraction of sp³-hybridized carbons (Fsp3) is 0.250. The molecule has 0 unspecified atom stereocenters. The first kappa shape index (κ1) is 22.2. The minimum absolute atomic E-state index is 0.00783. The van der Waals surface area contributed by atoms with Gasteiger partial charge in [-0.05, 0) is 51.1 Å². The molecule has 8 nitrogen and oxygen atoms in total. The minimum atomic E-state index is -0.536. The lowest BCUT2D eigenvalue weighted by atomic mass is 10.1. The predicted molar refractivity (Wildman–Crippen MR) is 116 cm³/mol. The molecule has 170 valence electrons. The molecule has 0 saturated carbocycles.